The molecule has 6 aliphatic rings. The number of H-pyrrole nitrogens is 2. The summed E-state index contributed by atoms with van der Waals surface area (Å²) in [6, 6.07) is 18.0. The molecule has 1 spiro atoms. The Morgan fingerprint density at radius 2 is 1.72 bits per heavy atom. The average molecular weight is 987 g/mol. The zero-order valence-corrected chi connectivity index (χ0v) is 39.9. The van der Waals surface area contributed by atoms with Gasteiger partial charge in [-0.3, -0.25) is 38.8 Å². The van der Waals surface area contributed by atoms with E-state index in [0.717, 1.165) is 64.6 Å². The molecule has 3 aromatic carbocycles. The van der Waals surface area contributed by atoms with Crippen LogP contribution >= 0.6 is 0 Å². The van der Waals surface area contributed by atoms with Crippen LogP contribution in [-0.2, 0) is 49.4 Å². The van der Waals surface area contributed by atoms with Gasteiger partial charge in [0.05, 0.1) is 16.4 Å². The SMILES string of the molecule is CCC1(c2ccccc2)NC(=O)N(C)C1=O.Nc1nc2[nH]cc(CCc3ccc(C(=O)N[C@@H](CCC(=O)O)C(=O)O)cc3)c2c(=O)[nH]1.O=C1CC[C@@]2(O)[C@H]3Cc4ccc(O)c5c4[C@@]2(CCN3CC2CC2)[C@H]1O5. The third-order valence-electron chi connectivity index (χ3n) is 15.4. The number of likely N-dealkylation sites (tertiary alicyclic amines) is 1. The molecule has 5 heterocycles. The topological polar surface area (TPSA) is 311 Å². The molecule has 2 bridgehead atoms. The standard InChI is InChI=1S/C20H21N5O6.C20H23NO4.C12H14N2O2/c21-20-24-16-15(18(29)25-20)12(9-22-16)6-3-10-1-4-11(5-2-10)17(28)23-13(19(30)31)7-8-14(26)27;22-13-4-3-12-9-15-20(24)6-5-14(23)18-19(20,16(12)17(13)25-18)7-8-21(15)10-11-1-2-11;1-3-12(9-7-5-4-6-8-9)10(15)14(2)11(16)13-12/h1-2,4-5,9,13H,3,6-8H2,(H,23,28)(H,26,27)(H,30,31)(H4,21,22,24,25,29);3-4,11,15,18,22,24H,1-2,5-10H2;4-8H,3H2,1-2H3,(H,13,16)/t13-;15-,18+,19+,20-;/m01./s1. The number of carbonyl (C=O) groups is 6. The fraction of sp³-hybridized carbons (Fsp3) is 0.423. The molecule has 72 heavy (non-hydrogen) atoms. The highest BCUT2D eigenvalue weighted by Gasteiger charge is 2.73. The number of aryl methyl sites for hydroxylation is 2. The molecule has 4 amide bonds. The fourth-order valence-corrected chi connectivity index (χ4v) is 11.5. The van der Waals surface area contributed by atoms with E-state index in [1.807, 2.05) is 43.3 Å². The molecule has 378 valence electrons. The summed E-state index contributed by atoms with van der Waals surface area (Å²) in [5, 5.41) is 45.7. The van der Waals surface area contributed by atoms with Crippen molar-refractivity contribution in [3.8, 4) is 11.5 Å². The Balaban J connectivity index is 0.000000140. The van der Waals surface area contributed by atoms with Gasteiger partial charge in [0.25, 0.3) is 17.4 Å². The van der Waals surface area contributed by atoms with Gasteiger partial charge < -0.3 is 46.5 Å². The number of imide groups is 1. The molecular formula is C52H58N8O12. The number of piperidine rings is 1. The Bertz CT molecular complexity index is 3030. The van der Waals surface area contributed by atoms with Gasteiger partial charge in [0, 0.05) is 49.8 Å². The lowest BCUT2D eigenvalue weighted by Crippen LogP contribution is -2.76. The van der Waals surface area contributed by atoms with Crippen LogP contribution in [0.1, 0.15) is 96.5 Å². The summed E-state index contributed by atoms with van der Waals surface area (Å²) in [7, 11) is 1.50. The molecule has 2 aromatic heterocycles. The van der Waals surface area contributed by atoms with E-state index in [9.17, 15) is 43.8 Å². The number of nitrogens with two attached hydrogens (primary N) is 1. The van der Waals surface area contributed by atoms with Crippen molar-refractivity contribution in [2.45, 2.75) is 112 Å². The first-order valence-corrected chi connectivity index (χ1v) is 24.3. The number of aromatic hydroxyl groups is 1. The van der Waals surface area contributed by atoms with Crippen LogP contribution in [0.3, 0.4) is 0 Å². The highest BCUT2D eigenvalue weighted by Crippen LogP contribution is 2.65. The summed E-state index contributed by atoms with van der Waals surface area (Å²) in [5.41, 5.74) is 7.99. The zero-order chi connectivity index (χ0) is 51.3. The quantitative estimate of drug-likeness (QED) is 0.0761. The third-order valence-corrected chi connectivity index (χ3v) is 15.4. The minimum absolute atomic E-state index is 0.0351. The number of anilines is 1. The van der Waals surface area contributed by atoms with E-state index >= 15 is 0 Å². The third kappa shape index (κ3) is 8.71. The van der Waals surface area contributed by atoms with Gasteiger partial charge in [-0.1, -0.05) is 55.5 Å². The van der Waals surface area contributed by atoms with Gasteiger partial charge in [-0.05, 0) is 111 Å². The predicted octanol–water partition coefficient (Wildman–Crippen LogP) is 3.67. The van der Waals surface area contributed by atoms with E-state index in [2.05, 4.69) is 30.5 Å². The number of hydrogen-bond acceptors (Lipinski definition) is 13. The number of carboxylic acid groups (broad SMARTS) is 2. The second kappa shape index (κ2) is 19.2. The highest BCUT2D eigenvalue weighted by molar-refractivity contribution is 6.07. The monoisotopic (exact) mass is 986 g/mol. The first-order chi connectivity index (χ1) is 34.4. The number of nitrogens with zero attached hydrogens (tertiary/aromatic N) is 3. The van der Waals surface area contributed by atoms with Gasteiger partial charge in [0.1, 0.15) is 17.2 Å². The second-order valence-corrected chi connectivity index (χ2v) is 19.6. The van der Waals surface area contributed by atoms with Crippen molar-refractivity contribution < 1.29 is 53.9 Å². The molecule has 3 aliphatic carbocycles. The predicted molar refractivity (Wildman–Crippen MR) is 260 cm³/mol. The molecule has 2 saturated heterocycles. The number of aromatic nitrogens is 3. The molecule has 10 N–H and O–H groups in total. The van der Waals surface area contributed by atoms with Crippen molar-refractivity contribution in [2.24, 2.45) is 5.92 Å². The average Bonchev–Trinajstić information content (AvgIpc) is 3.89. The molecule has 5 aromatic rings. The number of aliphatic hydroxyl groups is 1. The Morgan fingerprint density at radius 1 is 0.986 bits per heavy atom. The number of Topliss-reactive ketones (excluding diaryl/α,β-unsaturated/α-hetero) is 1. The summed E-state index contributed by atoms with van der Waals surface area (Å²) in [4.78, 5) is 95.7. The maximum absolute atomic E-state index is 12.7. The first kappa shape index (κ1) is 49.4. The fourth-order valence-electron chi connectivity index (χ4n) is 11.5. The molecule has 0 radical (unpaired) electrons. The summed E-state index contributed by atoms with van der Waals surface area (Å²) in [6.45, 7) is 3.85. The van der Waals surface area contributed by atoms with E-state index in [1.165, 1.54) is 19.9 Å². The van der Waals surface area contributed by atoms with Crippen molar-refractivity contribution in [3.05, 3.63) is 117 Å². The zero-order valence-electron chi connectivity index (χ0n) is 39.9. The van der Waals surface area contributed by atoms with Crippen LogP contribution in [0.5, 0.6) is 11.5 Å². The minimum Gasteiger partial charge on any atom is -0.504 e. The van der Waals surface area contributed by atoms with E-state index in [-0.39, 0.29) is 59.4 Å². The van der Waals surface area contributed by atoms with Crippen LogP contribution < -0.4 is 26.7 Å². The van der Waals surface area contributed by atoms with Crippen LogP contribution in [-0.4, -0.2) is 125 Å². The van der Waals surface area contributed by atoms with Crippen molar-refractivity contribution in [3.63, 3.8) is 0 Å². The van der Waals surface area contributed by atoms with Gasteiger partial charge in [0.15, 0.2) is 23.4 Å². The van der Waals surface area contributed by atoms with Crippen LogP contribution in [0.4, 0.5) is 10.7 Å². The number of nitrogen functional groups attached to an aromatic ring is 1. The Hall–Kier alpha value is -7.58. The molecule has 20 heteroatoms. The maximum atomic E-state index is 12.7. The molecule has 2 saturated carbocycles. The molecule has 6 atom stereocenters. The van der Waals surface area contributed by atoms with Crippen LogP contribution in [0.25, 0.3) is 11.0 Å². The molecule has 11 rings (SSSR count). The number of aromatic amines is 2. The summed E-state index contributed by atoms with van der Waals surface area (Å²) >= 11 is 0. The minimum atomic E-state index is -1.30. The molecule has 3 aliphatic heterocycles. The molecule has 1 unspecified atom stereocenters. The Labute approximate surface area is 413 Å². The normalized spacial score (nSPS) is 25.0. The lowest BCUT2D eigenvalue weighted by atomic mass is 9.49. The number of likely N-dealkylation sites (N-methyl/N-ethyl adjacent to an activating group) is 1. The van der Waals surface area contributed by atoms with E-state index < -0.39 is 46.5 Å². The van der Waals surface area contributed by atoms with E-state index in [0.29, 0.717) is 48.9 Å². The number of benzene rings is 3. The highest BCUT2D eigenvalue weighted by atomic mass is 16.5. The van der Waals surface area contributed by atoms with Gasteiger partial charge in [0.2, 0.25) is 5.95 Å². The number of ether oxygens (including phenoxy) is 1. The van der Waals surface area contributed by atoms with Crippen LogP contribution in [0, 0.1) is 5.92 Å². The van der Waals surface area contributed by atoms with Crippen molar-refractivity contribution in [2.75, 3.05) is 25.9 Å². The Kier molecular flexibility index (Phi) is 13.2. The lowest BCUT2D eigenvalue weighted by molar-refractivity contribution is -0.188. The smallest absolute Gasteiger partial charge is 0.326 e. The molecule has 4 fully saturated rings. The van der Waals surface area contributed by atoms with Gasteiger partial charge in [-0.25, -0.2) is 9.59 Å². The number of fused-ring (bicyclic) bond motifs is 1. The van der Waals surface area contributed by atoms with Crippen molar-refractivity contribution in [1.82, 2.24) is 35.4 Å². The van der Waals surface area contributed by atoms with Gasteiger partial charge in [-0.2, -0.15) is 4.98 Å². The number of urea groups is 1. The number of ketones is 1. The number of carboxylic acids is 2. The first-order valence-electron chi connectivity index (χ1n) is 24.3. The number of amides is 4. The van der Waals surface area contributed by atoms with Crippen molar-refractivity contribution in [1.29, 1.82) is 0 Å². The van der Waals surface area contributed by atoms with E-state index in [1.54, 1.807) is 36.5 Å². The van der Waals surface area contributed by atoms with Crippen LogP contribution in [0.2, 0.25) is 0 Å². The number of rotatable bonds is 13. The number of hydrogen-bond donors (Lipinski definition) is 9. The number of aliphatic carboxylic acids is 2. The summed E-state index contributed by atoms with van der Waals surface area (Å²) in [5.74, 6) is -1.80. The molecule has 20 nitrogen and oxygen atoms in total. The van der Waals surface area contributed by atoms with Gasteiger partial charge in [-0.15, -0.1) is 0 Å². The molecular weight excluding hydrogens is 929 g/mol. The summed E-state index contributed by atoms with van der Waals surface area (Å²) < 4.78 is 6.04. The summed E-state index contributed by atoms with van der Waals surface area (Å²) in [6.07, 6.45) is 7.15. The number of phenols is 1. The number of nitrogens with one attached hydrogen (secondary N) is 4. The second-order valence-electron chi connectivity index (χ2n) is 19.6. The largest absolute Gasteiger partial charge is 0.504 e. The van der Waals surface area contributed by atoms with Crippen molar-refractivity contribution >= 4 is 52.5 Å². The Morgan fingerprint density at radius 3 is 2.38 bits per heavy atom. The number of phenolic OH excluding ortho intramolecular Hbond substituents is 1. The number of carbonyl (C=O) groups excluding carboxylic acids is 4. The lowest BCUT2D eigenvalue weighted by Gasteiger charge is -2.62. The van der Waals surface area contributed by atoms with E-state index in [4.69, 9.17) is 20.7 Å². The maximum Gasteiger partial charge on any atom is 0.326 e. The van der Waals surface area contributed by atoms with Crippen LogP contribution in [0.15, 0.2) is 77.7 Å². The van der Waals surface area contributed by atoms with Gasteiger partial charge >= 0.3 is 18.0 Å².